The van der Waals surface area contributed by atoms with Crippen molar-refractivity contribution in [3.63, 3.8) is 0 Å². The molecule has 4 aromatic carbocycles. The predicted molar refractivity (Wildman–Crippen MR) is 136 cm³/mol. The Morgan fingerprint density at radius 3 is 1.56 bits per heavy atom. The van der Waals surface area contributed by atoms with Crippen molar-refractivity contribution in [1.29, 1.82) is 0 Å². The summed E-state index contributed by atoms with van der Waals surface area (Å²) in [5, 5.41) is 0. The fraction of sp³-hybridized carbons (Fsp3) is 0.250. The van der Waals surface area contributed by atoms with E-state index in [2.05, 4.69) is 113 Å². The lowest BCUT2D eigenvalue weighted by Gasteiger charge is -2.23. The van der Waals surface area contributed by atoms with Crippen molar-refractivity contribution in [2.45, 2.75) is 51.9 Å². The van der Waals surface area contributed by atoms with Gasteiger partial charge in [-0.1, -0.05) is 101 Å². The highest BCUT2D eigenvalue weighted by Gasteiger charge is 2.37. The topological polar surface area (TPSA) is 0 Å². The third-order valence-electron chi connectivity index (χ3n) is 8.07. The summed E-state index contributed by atoms with van der Waals surface area (Å²) in [5.74, 6) is 0. The summed E-state index contributed by atoms with van der Waals surface area (Å²) in [7, 11) is 0. The molecule has 0 unspecified atom stereocenters. The van der Waals surface area contributed by atoms with E-state index in [0.717, 1.165) is 6.42 Å². The SMILES string of the molecule is CCc1ccc2c(c1)C(C)(C)c1cc(-c3ccc4c(c3)C(C)(C)c3ccccc3-4)ccc1-2. The molecule has 158 valence electrons. The van der Waals surface area contributed by atoms with Gasteiger partial charge in [-0.2, -0.15) is 0 Å². The van der Waals surface area contributed by atoms with Crippen LogP contribution in [0.25, 0.3) is 33.4 Å². The molecule has 4 aromatic rings. The van der Waals surface area contributed by atoms with Crippen molar-refractivity contribution >= 4 is 0 Å². The van der Waals surface area contributed by atoms with Crippen LogP contribution in [0, 0.1) is 0 Å². The second kappa shape index (κ2) is 6.45. The monoisotopic (exact) mass is 414 g/mol. The highest BCUT2D eigenvalue weighted by atomic mass is 14.4. The van der Waals surface area contributed by atoms with Crippen LogP contribution < -0.4 is 0 Å². The highest BCUT2D eigenvalue weighted by Crippen LogP contribution is 2.52. The summed E-state index contributed by atoms with van der Waals surface area (Å²) in [6.07, 6.45) is 1.08. The number of fused-ring (bicyclic) bond motifs is 6. The molecule has 0 atom stereocenters. The van der Waals surface area contributed by atoms with Crippen molar-refractivity contribution in [3.8, 4) is 33.4 Å². The smallest absolute Gasteiger partial charge is 0.0159 e. The number of benzene rings is 4. The zero-order valence-corrected chi connectivity index (χ0v) is 19.7. The second-order valence-corrected chi connectivity index (χ2v) is 10.5. The van der Waals surface area contributed by atoms with Crippen LogP contribution in [0.15, 0.2) is 78.9 Å². The molecular formula is C32H30. The molecule has 0 heterocycles. The fourth-order valence-corrected chi connectivity index (χ4v) is 6.07. The summed E-state index contributed by atoms with van der Waals surface area (Å²) < 4.78 is 0. The zero-order chi connectivity index (χ0) is 22.3. The Morgan fingerprint density at radius 2 is 0.969 bits per heavy atom. The Balaban J connectivity index is 1.48. The summed E-state index contributed by atoms with van der Waals surface area (Å²) >= 11 is 0. The lowest BCUT2D eigenvalue weighted by molar-refractivity contribution is 0.659. The molecule has 0 aromatic heterocycles. The number of hydrogen-bond donors (Lipinski definition) is 0. The molecule has 2 aliphatic rings. The van der Waals surface area contributed by atoms with Crippen LogP contribution in [-0.2, 0) is 17.3 Å². The molecule has 0 saturated carbocycles. The maximum atomic E-state index is 2.44. The van der Waals surface area contributed by atoms with Gasteiger partial charge < -0.3 is 0 Å². The molecule has 0 saturated heterocycles. The largest absolute Gasteiger partial charge is 0.0619 e. The third kappa shape index (κ3) is 2.50. The minimum absolute atomic E-state index is 0.0259. The molecule has 0 heteroatoms. The molecular weight excluding hydrogens is 384 g/mol. The van der Waals surface area contributed by atoms with Crippen LogP contribution in [0.4, 0.5) is 0 Å². The first kappa shape index (κ1) is 19.6. The molecule has 0 amide bonds. The summed E-state index contributed by atoms with van der Waals surface area (Å²) in [6.45, 7) is 11.7. The molecule has 0 spiro atoms. The van der Waals surface area contributed by atoms with Crippen LogP contribution in [0.2, 0.25) is 0 Å². The van der Waals surface area contributed by atoms with E-state index in [1.165, 1.54) is 61.2 Å². The van der Waals surface area contributed by atoms with Gasteiger partial charge in [0.15, 0.2) is 0 Å². The van der Waals surface area contributed by atoms with Crippen LogP contribution >= 0.6 is 0 Å². The van der Waals surface area contributed by atoms with Crippen LogP contribution in [0.3, 0.4) is 0 Å². The summed E-state index contributed by atoms with van der Waals surface area (Å²) in [5.41, 5.74) is 15.5. The zero-order valence-electron chi connectivity index (χ0n) is 19.7. The average Bonchev–Trinajstić information content (AvgIpc) is 3.18. The molecule has 0 N–H and O–H groups in total. The Bertz CT molecular complexity index is 1400. The standard InChI is InChI=1S/C32H30/c1-6-20-11-14-24-26-16-13-22(19-30(26)32(4,5)28(24)17-20)21-12-15-25-23-9-7-8-10-27(23)31(2,3)29(25)18-21/h7-19H,6H2,1-5H3. The van der Waals surface area contributed by atoms with Crippen LogP contribution in [-0.4, -0.2) is 0 Å². The molecule has 0 fully saturated rings. The quantitative estimate of drug-likeness (QED) is 0.308. The molecule has 0 bridgehead atoms. The molecule has 6 rings (SSSR count). The minimum Gasteiger partial charge on any atom is -0.0619 e. The van der Waals surface area contributed by atoms with E-state index in [9.17, 15) is 0 Å². The minimum atomic E-state index is 0.0259. The van der Waals surface area contributed by atoms with E-state index in [1.54, 1.807) is 0 Å². The molecule has 0 radical (unpaired) electrons. The lowest BCUT2D eigenvalue weighted by atomic mass is 9.80. The third-order valence-corrected chi connectivity index (χ3v) is 8.07. The predicted octanol–water partition coefficient (Wildman–Crippen LogP) is 8.53. The van der Waals surface area contributed by atoms with Crippen molar-refractivity contribution in [2.75, 3.05) is 0 Å². The van der Waals surface area contributed by atoms with Gasteiger partial charge in [0.1, 0.15) is 0 Å². The average molecular weight is 415 g/mol. The van der Waals surface area contributed by atoms with Gasteiger partial charge in [0.2, 0.25) is 0 Å². The van der Waals surface area contributed by atoms with Gasteiger partial charge in [-0.05, 0) is 79.8 Å². The molecule has 32 heavy (non-hydrogen) atoms. The van der Waals surface area contributed by atoms with Crippen molar-refractivity contribution < 1.29 is 0 Å². The number of aryl methyl sites for hydroxylation is 1. The van der Waals surface area contributed by atoms with Crippen LogP contribution in [0.5, 0.6) is 0 Å². The van der Waals surface area contributed by atoms with Gasteiger partial charge in [-0.25, -0.2) is 0 Å². The van der Waals surface area contributed by atoms with E-state index >= 15 is 0 Å². The molecule has 0 nitrogen and oxygen atoms in total. The van der Waals surface area contributed by atoms with E-state index in [0.29, 0.717) is 0 Å². The maximum Gasteiger partial charge on any atom is 0.0159 e. The van der Waals surface area contributed by atoms with E-state index in [4.69, 9.17) is 0 Å². The van der Waals surface area contributed by atoms with Gasteiger partial charge in [0.05, 0.1) is 0 Å². The molecule has 0 aliphatic heterocycles. The summed E-state index contributed by atoms with van der Waals surface area (Å²) in [6, 6.07) is 30.1. The van der Waals surface area contributed by atoms with Gasteiger partial charge in [-0.15, -0.1) is 0 Å². The molecule has 2 aliphatic carbocycles. The first-order chi connectivity index (χ1) is 15.3. The fourth-order valence-electron chi connectivity index (χ4n) is 6.07. The number of hydrogen-bond acceptors (Lipinski definition) is 0. The normalized spacial score (nSPS) is 16.3. The van der Waals surface area contributed by atoms with Gasteiger partial charge in [0, 0.05) is 10.8 Å². The Labute approximate surface area is 192 Å². The Kier molecular flexibility index (Phi) is 3.94. The van der Waals surface area contributed by atoms with Crippen molar-refractivity contribution in [2.24, 2.45) is 0 Å². The number of rotatable bonds is 2. The summed E-state index contributed by atoms with van der Waals surface area (Å²) in [4.78, 5) is 0. The lowest BCUT2D eigenvalue weighted by Crippen LogP contribution is -2.15. The first-order valence-electron chi connectivity index (χ1n) is 11.9. The second-order valence-electron chi connectivity index (χ2n) is 10.5. The van der Waals surface area contributed by atoms with Gasteiger partial charge in [-0.3, -0.25) is 0 Å². The highest BCUT2D eigenvalue weighted by molar-refractivity contribution is 5.86. The van der Waals surface area contributed by atoms with Crippen molar-refractivity contribution in [1.82, 2.24) is 0 Å². The Morgan fingerprint density at radius 1 is 0.500 bits per heavy atom. The van der Waals surface area contributed by atoms with Gasteiger partial charge in [0.25, 0.3) is 0 Å². The van der Waals surface area contributed by atoms with Gasteiger partial charge >= 0.3 is 0 Å². The first-order valence-corrected chi connectivity index (χ1v) is 11.9. The van der Waals surface area contributed by atoms with E-state index in [1.807, 2.05) is 0 Å². The maximum absolute atomic E-state index is 2.44. The van der Waals surface area contributed by atoms with Crippen molar-refractivity contribution in [3.05, 3.63) is 107 Å². The Hall–Kier alpha value is -3.12. The van der Waals surface area contributed by atoms with Crippen LogP contribution in [0.1, 0.15) is 62.4 Å². The van der Waals surface area contributed by atoms with E-state index < -0.39 is 0 Å². The van der Waals surface area contributed by atoms with E-state index in [-0.39, 0.29) is 10.8 Å².